The van der Waals surface area contributed by atoms with Gasteiger partial charge in [-0.2, -0.15) is 5.26 Å². The number of methoxy groups -OCH3 is 1. The van der Waals surface area contributed by atoms with E-state index in [4.69, 9.17) is 4.74 Å². The van der Waals surface area contributed by atoms with E-state index in [0.717, 1.165) is 16.9 Å². The van der Waals surface area contributed by atoms with Crippen molar-refractivity contribution in [1.29, 1.82) is 5.26 Å². The van der Waals surface area contributed by atoms with Crippen molar-refractivity contribution in [3.8, 4) is 17.5 Å². The Morgan fingerprint density at radius 1 is 1.31 bits per heavy atom. The number of halogens is 2. The number of ether oxygens (including phenoxy) is 1. The van der Waals surface area contributed by atoms with Crippen LogP contribution >= 0.6 is 0 Å². The van der Waals surface area contributed by atoms with Gasteiger partial charge in [-0.25, -0.2) is 8.78 Å². The van der Waals surface area contributed by atoms with Crippen molar-refractivity contribution in [2.45, 2.75) is 33.6 Å². The second kappa shape index (κ2) is 10.0. The third-order valence-corrected chi connectivity index (χ3v) is 4.72. The number of anilines is 1. The number of hydrogen-bond donors (Lipinski definition) is 1. The summed E-state index contributed by atoms with van der Waals surface area (Å²) in [6, 6.07) is 9.35. The summed E-state index contributed by atoms with van der Waals surface area (Å²) in [5.74, 6) is 0.581. The van der Waals surface area contributed by atoms with Gasteiger partial charge in [0, 0.05) is 11.4 Å². The number of amides is 1. The number of nitrogens with one attached hydrogen (secondary N) is 1. The monoisotopic (exact) mass is 404 g/mol. The number of nitriles is 1. The molecule has 1 amide bonds. The second-order valence-electron chi connectivity index (χ2n) is 6.75. The first-order valence-electron chi connectivity index (χ1n) is 9.39. The first-order valence-corrected chi connectivity index (χ1v) is 9.39. The van der Waals surface area contributed by atoms with Crippen LogP contribution in [-0.4, -0.2) is 48.5 Å². The van der Waals surface area contributed by atoms with Crippen LogP contribution in [0.3, 0.4) is 0 Å². The number of alkyl halides is 2. The molecule has 0 atom stereocenters. The van der Waals surface area contributed by atoms with Gasteiger partial charge >= 0.3 is 0 Å². The molecule has 29 heavy (non-hydrogen) atoms. The van der Waals surface area contributed by atoms with Gasteiger partial charge in [0.25, 0.3) is 6.43 Å². The Hall–Kier alpha value is -2.92. The highest BCUT2D eigenvalue weighted by Crippen LogP contribution is 2.30. The summed E-state index contributed by atoms with van der Waals surface area (Å²) in [4.78, 5) is 14.0. The van der Waals surface area contributed by atoms with E-state index >= 15 is 0 Å². The third-order valence-electron chi connectivity index (χ3n) is 4.72. The molecule has 6 nitrogen and oxygen atoms in total. The van der Waals surface area contributed by atoms with E-state index < -0.39 is 18.9 Å². The highest BCUT2D eigenvalue weighted by atomic mass is 19.3. The van der Waals surface area contributed by atoms with Gasteiger partial charge in [0.1, 0.15) is 17.6 Å². The van der Waals surface area contributed by atoms with Crippen LogP contribution in [-0.2, 0) is 4.79 Å². The summed E-state index contributed by atoms with van der Waals surface area (Å²) < 4.78 is 32.5. The Morgan fingerprint density at radius 2 is 1.97 bits per heavy atom. The smallest absolute Gasteiger partial charge is 0.251 e. The van der Waals surface area contributed by atoms with Gasteiger partial charge in [-0.1, -0.05) is 6.92 Å². The molecule has 0 spiro atoms. The molecule has 0 aliphatic carbocycles. The zero-order valence-electron chi connectivity index (χ0n) is 17.1. The molecule has 1 aromatic carbocycles. The maximum Gasteiger partial charge on any atom is 0.251 e. The lowest BCUT2D eigenvalue weighted by molar-refractivity contribution is -0.117. The van der Waals surface area contributed by atoms with Gasteiger partial charge in [-0.05, 0) is 56.6 Å². The molecule has 2 rings (SSSR count). The zero-order valence-corrected chi connectivity index (χ0v) is 17.1. The number of hydrogen-bond acceptors (Lipinski definition) is 4. The SMILES string of the molecule is CCCN(CC(=O)Nc1c(C#N)c(C)c(C)n1-c1ccc(OC)cc1)CC(F)F. The summed E-state index contributed by atoms with van der Waals surface area (Å²) in [5.41, 5.74) is 2.65. The Bertz CT molecular complexity index is 886. The highest BCUT2D eigenvalue weighted by Gasteiger charge is 2.22. The average Bonchev–Trinajstić information content (AvgIpc) is 2.91. The van der Waals surface area contributed by atoms with Crippen LogP contribution in [0.5, 0.6) is 5.75 Å². The third kappa shape index (κ3) is 5.33. The maximum absolute atomic E-state index is 12.8. The van der Waals surface area contributed by atoms with Gasteiger partial charge in [0.15, 0.2) is 0 Å². The lowest BCUT2D eigenvalue weighted by Gasteiger charge is -2.21. The fourth-order valence-electron chi connectivity index (χ4n) is 3.24. The van der Waals surface area contributed by atoms with Crippen molar-refractivity contribution >= 4 is 11.7 Å². The second-order valence-corrected chi connectivity index (χ2v) is 6.75. The van der Waals surface area contributed by atoms with Crippen LogP contribution in [0.1, 0.15) is 30.2 Å². The zero-order chi connectivity index (χ0) is 21.6. The summed E-state index contributed by atoms with van der Waals surface area (Å²) in [7, 11) is 1.57. The molecule has 0 radical (unpaired) electrons. The van der Waals surface area contributed by atoms with Crippen LogP contribution in [0.25, 0.3) is 5.69 Å². The van der Waals surface area contributed by atoms with Crippen molar-refractivity contribution in [3.05, 3.63) is 41.1 Å². The molecule has 0 aliphatic rings. The summed E-state index contributed by atoms with van der Waals surface area (Å²) in [6.45, 7) is 5.28. The first-order chi connectivity index (χ1) is 13.8. The van der Waals surface area contributed by atoms with Gasteiger partial charge in [-0.15, -0.1) is 0 Å². The van der Waals surface area contributed by atoms with E-state index in [2.05, 4.69) is 11.4 Å². The van der Waals surface area contributed by atoms with E-state index in [0.29, 0.717) is 30.1 Å². The van der Waals surface area contributed by atoms with Gasteiger partial charge < -0.3 is 10.1 Å². The Balaban J connectivity index is 2.37. The molecule has 0 bridgehead atoms. The Morgan fingerprint density at radius 3 is 2.48 bits per heavy atom. The topological polar surface area (TPSA) is 70.3 Å². The fraction of sp³-hybridized carbons (Fsp3) is 0.429. The van der Waals surface area contributed by atoms with Crippen LogP contribution < -0.4 is 10.1 Å². The minimum absolute atomic E-state index is 0.172. The molecule has 0 unspecified atom stereocenters. The van der Waals surface area contributed by atoms with E-state index in [-0.39, 0.29) is 6.54 Å². The van der Waals surface area contributed by atoms with Crippen molar-refractivity contribution < 1.29 is 18.3 Å². The summed E-state index contributed by atoms with van der Waals surface area (Å²) in [5, 5.41) is 12.4. The Kier molecular flexibility index (Phi) is 7.74. The molecule has 1 aromatic heterocycles. The van der Waals surface area contributed by atoms with Crippen LogP contribution in [0.15, 0.2) is 24.3 Å². The average molecular weight is 404 g/mol. The van der Waals surface area contributed by atoms with E-state index in [1.54, 1.807) is 23.8 Å². The lowest BCUT2D eigenvalue weighted by atomic mass is 10.2. The molecule has 0 saturated carbocycles. The molecule has 1 heterocycles. The summed E-state index contributed by atoms with van der Waals surface area (Å²) >= 11 is 0. The van der Waals surface area contributed by atoms with Crippen molar-refractivity contribution in [2.24, 2.45) is 0 Å². The molecule has 0 fully saturated rings. The molecule has 1 N–H and O–H groups in total. The van der Waals surface area contributed by atoms with Crippen molar-refractivity contribution in [1.82, 2.24) is 9.47 Å². The van der Waals surface area contributed by atoms with Crippen molar-refractivity contribution in [3.63, 3.8) is 0 Å². The number of carbonyl (C=O) groups excluding carboxylic acids is 1. The van der Waals surface area contributed by atoms with Crippen molar-refractivity contribution in [2.75, 3.05) is 32.1 Å². The van der Waals surface area contributed by atoms with Crippen LogP contribution in [0, 0.1) is 25.2 Å². The van der Waals surface area contributed by atoms with Gasteiger partial charge in [0.2, 0.25) is 5.91 Å². The molecule has 8 heteroatoms. The van der Waals surface area contributed by atoms with Crippen LogP contribution in [0.2, 0.25) is 0 Å². The Labute approximate surface area is 169 Å². The van der Waals surface area contributed by atoms with Gasteiger partial charge in [0.05, 0.1) is 25.8 Å². The normalized spacial score (nSPS) is 11.0. The molecular weight excluding hydrogens is 378 g/mol. The fourth-order valence-corrected chi connectivity index (χ4v) is 3.24. The minimum Gasteiger partial charge on any atom is -0.497 e. The highest BCUT2D eigenvalue weighted by molar-refractivity contribution is 5.93. The molecule has 0 saturated heterocycles. The molecule has 2 aromatic rings. The first kappa shape index (κ1) is 22.4. The largest absolute Gasteiger partial charge is 0.497 e. The maximum atomic E-state index is 12.8. The predicted octanol–water partition coefficient (Wildman–Crippen LogP) is 3.89. The number of nitrogens with zero attached hydrogens (tertiary/aromatic N) is 3. The lowest BCUT2D eigenvalue weighted by Crippen LogP contribution is -2.37. The molecule has 156 valence electrons. The number of aromatic nitrogens is 1. The molecular formula is C21H26F2N4O2. The quantitative estimate of drug-likeness (QED) is 0.688. The predicted molar refractivity (Wildman–Crippen MR) is 108 cm³/mol. The minimum atomic E-state index is -2.52. The van der Waals surface area contributed by atoms with E-state index in [9.17, 15) is 18.8 Å². The molecule has 0 aliphatic heterocycles. The van der Waals surface area contributed by atoms with E-state index in [1.165, 1.54) is 4.90 Å². The van der Waals surface area contributed by atoms with Crippen LogP contribution in [0.4, 0.5) is 14.6 Å². The standard InChI is InChI=1S/C21H26F2N4O2/c1-5-10-26(12-19(22)23)13-20(28)25-21-18(11-24)14(2)15(3)27(21)16-6-8-17(29-4)9-7-16/h6-9,19H,5,10,12-13H2,1-4H3,(H,25,28). The number of carbonyl (C=O) groups is 1. The number of rotatable bonds is 9. The van der Waals surface area contributed by atoms with E-state index in [1.807, 2.05) is 32.9 Å². The van der Waals surface area contributed by atoms with Gasteiger partial charge in [-0.3, -0.25) is 14.3 Å². The summed E-state index contributed by atoms with van der Waals surface area (Å²) in [6.07, 6.45) is -1.86. The number of benzene rings is 1.